The van der Waals surface area contributed by atoms with E-state index in [0.717, 1.165) is 17.3 Å². The highest BCUT2D eigenvalue weighted by molar-refractivity contribution is 5.47. The Morgan fingerprint density at radius 2 is 2.38 bits per heavy atom. The summed E-state index contributed by atoms with van der Waals surface area (Å²) in [5.74, 6) is 1.83. The molecule has 0 bridgehead atoms. The third-order valence-electron chi connectivity index (χ3n) is 3.12. The summed E-state index contributed by atoms with van der Waals surface area (Å²) in [5, 5.41) is 20.5. The average molecular weight is 218 g/mol. The van der Waals surface area contributed by atoms with Crippen LogP contribution in [0.3, 0.4) is 0 Å². The second-order valence-electron chi connectivity index (χ2n) is 4.16. The minimum absolute atomic E-state index is 0.177. The first kappa shape index (κ1) is 9.59. The molecule has 0 radical (unpaired) electrons. The van der Waals surface area contributed by atoms with Crippen LogP contribution in [0.15, 0.2) is 17.8 Å². The average Bonchev–Trinajstić information content (AvgIpc) is 2.82. The fraction of sp³-hybridized carbons (Fsp3) is 0.455. The third kappa shape index (κ3) is 1.28. The maximum Gasteiger partial charge on any atom is 0.157 e. The zero-order chi connectivity index (χ0) is 11.1. The van der Waals surface area contributed by atoms with Gasteiger partial charge in [0.25, 0.3) is 0 Å². The Labute approximate surface area is 93.5 Å². The lowest BCUT2D eigenvalue weighted by Crippen LogP contribution is -2.31. The van der Waals surface area contributed by atoms with E-state index in [-0.39, 0.29) is 18.7 Å². The van der Waals surface area contributed by atoms with Crippen LogP contribution in [0.1, 0.15) is 24.1 Å². The molecule has 0 aromatic carbocycles. The van der Waals surface area contributed by atoms with Gasteiger partial charge < -0.3 is 15.0 Å². The maximum absolute atomic E-state index is 8.94. The highest BCUT2D eigenvalue weighted by Gasteiger charge is 2.31. The Morgan fingerprint density at radius 3 is 3.19 bits per heavy atom. The molecule has 5 heteroatoms. The zero-order valence-corrected chi connectivity index (χ0v) is 9.09. The van der Waals surface area contributed by atoms with Gasteiger partial charge >= 0.3 is 0 Å². The zero-order valence-electron chi connectivity index (χ0n) is 9.09. The third-order valence-corrected chi connectivity index (χ3v) is 3.12. The molecule has 0 saturated heterocycles. The van der Waals surface area contributed by atoms with E-state index >= 15 is 0 Å². The summed E-state index contributed by atoms with van der Waals surface area (Å²) in [7, 11) is 0. The van der Waals surface area contributed by atoms with Gasteiger partial charge in [-0.1, -0.05) is 6.08 Å². The van der Waals surface area contributed by atoms with Crippen LogP contribution in [0, 0.1) is 6.92 Å². The van der Waals surface area contributed by atoms with Gasteiger partial charge in [0.1, 0.15) is 5.82 Å². The molecule has 5 nitrogen and oxygen atoms in total. The van der Waals surface area contributed by atoms with Crippen LogP contribution in [0.5, 0.6) is 0 Å². The SMILES string of the molecule is Cc1nnc2n1C1C=C(CCO)NC1C=C2. The monoisotopic (exact) mass is 218 g/mol. The summed E-state index contributed by atoms with van der Waals surface area (Å²) in [5.41, 5.74) is 1.10. The fourth-order valence-corrected chi connectivity index (χ4v) is 2.39. The predicted octanol–water partition coefficient (Wildman–Crippen LogP) is 0.393. The number of rotatable bonds is 2. The fourth-order valence-electron chi connectivity index (χ4n) is 2.39. The number of hydrogen-bond donors (Lipinski definition) is 2. The smallest absolute Gasteiger partial charge is 0.157 e. The van der Waals surface area contributed by atoms with Gasteiger partial charge in [0.15, 0.2) is 5.82 Å². The first-order valence-corrected chi connectivity index (χ1v) is 5.47. The Morgan fingerprint density at radius 1 is 1.50 bits per heavy atom. The molecule has 2 aliphatic rings. The summed E-state index contributed by atoms with van der Waals surface area (Å²) in [4.78, 5) is 0. The topological polar surface area (TPSA) is 63.0 Å². The summed E-state index contributed by atoms with van der Waals surface area (Å²) in [6.07, 6.45) is 6.93. The van der Waals surface area contributed by atoms with Crippen molar-refractivity contribution in [1.82, 2.24) is 20.1 Å². The van der Waals surface area contributed by atoms with Gasteiger partial charge in [-0.2, -0.15) is 0 Å². The molecule has 2 aliphatic heterocycles. The van der Waals surface area contributed by atoms with Gasteiger partial charge in [-0.3, -0.25) is 0 Å². The molecule has 3 heterocycles. The number of nitrogens with zero attached hydrogens (tertiary/aromatic N) is 3. The lowest BCUT2D eigenvalue weighted by atomic mass is 10.1. The van der Waals surface area contributed by atoms with E-state index < -0.39 is 0 Å². The Balaban J connectivity index is 1.99. The Kier molecular flexibility index (Phi) is 2.07. The van der Waals surface area contributed by atoms with E-state index in [1.165, 1.54) is 0 Å². The summed E-state index contributed by atoms with van der Waals surface area (Å²) >= 11 is 0. The largest absolute Gasteiger partial charge is 0.396 e. The van der Waals surface area contributed by atoms with Gasteiger partial charge in [-0.25, -0.2) is 0 Å². The van der Waals surface area contributed by atoms with Crippen LogP contribution >= 0.6 is 0 Å². The molecule has 84 valence electrons. The minimum Gasteiger partial charge on any atom is -0.396 e. The van der Waals surface area contributed by atoms with Crippen molar-refractivity contribution in [1.29, 1.82) is 0 Å². The van der Waals surface area contributed by atoms with Crippen molar-refractivity contribution in [2.75, 3.05) is 6.61 Å². The number of nitrogens with one attached hydrogen (secondary N) is 1. The van der Waals surface area contributed by atoms with Gasteiger partial charge in [0.2, 0.25) is 0 Å². The molecular weight excluding hydrogens is 204 g/mol. The minimum atomic E-state index is 0.177. The van der Waals surface area contributed by atoms with Crippen molar-refractivity contribution in [3.05, 3.63) is 29.5 Å². The molecule has 0 saturated carbocycles. The lowest BCUT2D eigenvalue weighted by molar-refractivity contribution is 0.296. The second kappa shape index (κ2) is 3.45. The summed E-state index contributed by atoms with van der Waals surface area (Å²) in [6, 6.07) is 0.514. The molecule has 0 spiro atoms. The van der Waals surface area contributed by atoms with Crippen molar-refractivity contribution in [3.8, 4) is 0 Å². The van der Waals surface area contributed by atoms with Crippen LogP contribution in [-0.4, -0.2) is 32.5 Å². The number of aromatic nitrogens is 3. The molecule has 1 aromatic rings. The van der Waals surface area contributed by atoms with Crippen molar-refractivity contribution >= 4 is 6.08 Å². The normalized spacial score (nSPS) is 26.0. The van der Waals surface area contributed by atoms with Gasteiger partial charge in [0.05, 0.1) is 12.1 Å². The molecule has 2 unspecified atom stereocenters. The Bertz CT molecular complexity index is 474. The van der Waals surface area contributed by atoms with Crippen LogP contribution in [0.2, 0.25) is 0 Å². The van der Waals surface area contributed by atoms with Gasteiger partial charge in [-0.05, 0) is 19.1 Å². The van der Waals surface area contributed by atoms with E-state index in [4.69, 9.17) is 5.11 Å². The lowest BCUT2D eigenvalue weighted by Gasteiger charge is -2.23. The molecular formula is C11H14N4O. The number of aliphatic hydroxyl groups is 1. The van der Waals surface area contributed by atoms with E-state index in [1.54, 1.807) is 0 Å². The molecule has 0 amide bonds. The van der Waals surface area contributed by atoms with Gasteiger partial charge in [0, 0.05) is 18.7 Å². The van der Waals surface area contributed by atoms with Crippen LogP contribution in [0.4, 0.5) is 0 Å². The molecule has 2 atom stereocenters. The predicted molar refractivity (Wildman–Crippen MR) is 59.5 cm³/mol. The maximum atomic E-state index is 8.94. The standard InChI is InChI=1S/C11H14N4O/c1-7-13-14-11-3-2-9-10(15(7)11)6-8(12-9)4-5-16/h2-3,6,9-10,12,16H,4-5H2,1H3. The number of aliphatic hydroxyl groups excluding tert-OH is 1. The first-order chi connectivity index (χ1) is 7.79. The van der Waals surface area contributed by atoms with E-state index in [0.29, 0.717) is 6.42 Å². The van der Waals surface area contributed by atoms with Crippen LogP contribution in [-0.2, 0) is 0 Å². The van der Waals surface area contributed by atoms with E-state index in [2.05, 4.69) is 32.2 Å². The summed E-state index contributed by atoms with van der Waals surface area (Å²) in [6.45, 7) is 2.14. The highest BCUT2D eigenvalue weighted by atomic mass is 16.3. The number of hydrogen-bond acceptors (Lipinski definition) is 4. The Hall–Kier alpha value is -1.62. The van der Waals surface area contributed by atoms with Crippen molar-refractivity contribution in [2.24, 2.45) is 0 Å². The van der Waals surface area contributed by atoms with Crippen LogP contribution in [0.25, 0.3) is 6.08 Å². The van der Waals surface area contributed by atoms with Crippen molar-refractivity contribution in [2.45, 2.75) is 25.4 Å². The highest BCUT2D eigenvalue weighted by Crippen LogP contribution is 2.30. The first-order valence-electron chi connectivity index (χ1n) is 5.47. The molecule has 3 rings (SSSR count). The van der Waals surface area contributed by atoms with Gasteiger partial charge in [-0.15, -0.1) is 10.2 Å². The molecule has 0 fully saturated rings. The quantitative estimate of drug-likeness (QED) is 0.754. The second-order valence-corrected chi connectivity index (χ2v) is 4.16. The number of fused-ring (bicyclic) bond motifs is 3. The number of aryl methyl sites for hydroxylation is 1. The van der Waals surface area contributed by atoms with E-state index in [9.17, 15) is 0 Å². The molecule has 1 aromatic heterocycles. The molecule has 2 N–H and O–H groups in total. The van der Waals surface area contributed by atoms with E-state index in [1.807, 2.05) is 13.0 Å². The molecule has 0 aliphatic carbocycles. The molecule has 16 heavy (non-hydrogen) atoms. The van der Waals surface area contributed by atoms with Crippen molar-refractivity contribution < 1.29 is 5.11 Å². The van der Waals surface area contributed by atoms with Crippen LogP contribution < -0.4 is 5.32 Å². The summed E-state index contributed by atoms with van der Waals surface area (Å²) < 4.78 is 2.13. The van der Waals surface area contributed by atoms with Crippen molar-refractivity contribution in [3.63, 3.8) is 0 Å².